The van der Waals surface area contributed by atoms with E-state index in [-0.39, 0.29) is 30.6 Å². The summed E-state index contributed by atoms with van der Waals surface area (Å²) < 4.78 is 14.9. The highest BCUT2D eigenvalue weighted by atomic mass is 32.2. The van der Waals surface area contributed by atoms with Crippen LogP contribution in [0, 0.1) is 5.92 Å². The number of hydrogen-bond donors (Lipinski definition) is 2. The summed E-state index contributed by atoms with van der Waals surface area (Å²) in [5.41, 5.74) is 4.84. The third-order valence-corrected chi connectivity index (χ3v) is 8.43. The van der Waals surface area contributed by atoms with Crippen LogP contribution in [0.1, 0.15) is 46.4 Å². The molecule has 10 heteroatoms. The first-order chi connectivity index (χ1) is 21.1. The number of amides is 1. The van der Waals surface area contributed by atoms with E-state index in [2.05, 4.69) is 27.8 Å². The van der Waals surface area contributed by atoms with E-state index in [0.29, 0.717) is 22.2 Å². The predicted octanol–water partition coefficient (Wildman–Crippen LogP) is 5.99. The van der Waals surface area contributed by atoms with E-state index in [9.17, 15) is 9.90 Å². The van der Waals surface area contributed by atoms with Crippen LogP contribution in [0.15, 0.2) is 114 Å². The highest BCUT2D eigenvalue weighted by Gasteiger charge is 2.38. The summed E-state index contributed by atoms with van der Waals surface area (Å²) in [5, 5.41) is 25.5. The lowest BCUT2D eigenvalue weighted by atomic mass is 9.91. The lowest BCUT2D eigenvalue weighted by Gasteiger charge is -2.41. The Morgan fingerprint density at radius 3 is 2.26 bits per heavy atom. The Morgan fingerprint density at radius 2 is 1.56 bits per heavy atom. The number of carbonyl (C=O) groups excluding carboxylic acids is 1. The fraction of sp³-hybridized carbons (Fsp3) is 0.212. The highest BCUT2D eigenvalue weighted by molar-refractivity contribution is 7.99. The van der Waals surface area contributed by atoms with Gasteiger partial charge in [-0.25, -0.2) is 0 Å². The van der Waals surface area contributed by atoms with Crippen molar-refractivity contribution < 1.29 is 19.4 Å². The molecule has 6 rings (SSSR count). The van der Waals surface area contributed by atoms with E-state index in [1.54, 1.807) is 16.8 Å². The van der Waals surface area contributed by atoms with Gasteiger partial charge in [0.2, 0.25) is 5.16 Å². The summed E-state index contributed by atoms with van der Waals surface area (Å²) >= 11 is 1.53. The normalized spacial score (nSPS) is 20.0. The Kier molecular flexibility index (Phi) is 8.90. The minimum Gasteiger partial charge on any atom is -0.392 e. The van der Waals surface area contributed by atoms with Gasteiger partial charge in [-0.05, 0) is 58.0 Å². The van der Waals surface area contributed by atoms with Crippen LogP contribution in [0.4, 0.5) is 5.69 Å². The number of hydrogen-bond acceptors (Lipinski definition) is 8. The average molecular weight is 594 g/mol. The number of aliphatic hydroxyl groups excluding tert-OH is 1. The van der Waals surface area contributed by atoms with E-state index in [1.807, 2.05) is 97.1 Å². The molecule has 1 fully saturated rings. The second-order valence-corrected chi connectivity index (χ2v) is 11.3. The number of nitrogens with zero attached hydrogens (tertiary/aromatic N) is 4. The molecule has 1 aromatic heterocycles. The summed E-state index contributed by atoms with van der Waals surface area (Å²) in [4.78, 5) is 12.6. The topological polar surface area (TPSA) is 111 Å². The lowest BCUT2D eigenvalue weighted by Crippen LogP contribution is -2.38. The molecule has 4 aromatic carbocycles. The van der Waals surface area contributed by atoms with Gasteiger partial charge in [-0.15, -0.1) is 5.10 Å². The molecule has 2 heterocycles. The number of tetrazole rings is 1. The zero-order valence-corrected chi connectivity index (χ0v) is 24.3. The molecule has 218 valence electrons. The SMILES string of the molecule is C[C@@H]1[C@H](CSc2nnnn2-c2ccccc2)O[C@H](c2ccc(NC(=O)c3ccccc3)cc2)O[C@@H]1c1ccc(CO)cc1. The maximum atomic E-state index is 12.6. The second-order valence-electron chi connectivity index (χ2n) is 10.3. The monoisotopic (exact) mass is 593 g/mol. The van der Waals surface area contributed by atoms with Crippen LogP contribution in [-0.2, 0) is 16.1 Å². The van der Waals surface area contributed by atoms with E-state index in [1.165, 1.54) is 11.8 Å². The number of rotatable bonds is 9. The molecular formula is C33H31N5O4S. The molecule has 0 bridgehead atoms. The molecule has 9 nitrogen and oxygen atoms in total. The first-order valence-electron chi connectivity index (χ1n) is 14.0. The van der Waals surface area contributed by atoms with Crippen LogP contribution in [-0.4, -0.2) is 43.1 Å². The predicted molar refractivity (Wildman–Crippen MR) is 164 cm³/mol. The molecule has 2 N–H and O–H groups in total. The number of ether oxygens (including phenoxy) is 2. The van der Waals surface area contributed by atoms with Gasteiger partial charge in [-0.3, -0.25) is 4.79 Å². The molecule has 0 spiro atoms. The Balaban J connectivity index is 1.21. The fourth-order valence-corrected chi connectivity index (χ4v) is 6.04. The summed E-state index contributed by atoms with van der Waals surface area (Å²) in [6, 6.07) is 34.2. The highest BCUT2D eigenvalue weighted by Crippen LogP contribution is 2.43. The molecule has 1 amide bonds. The van der Waals surface area contributed by atoms with Crippen LogP contribution in [0.2, 0.25) is 0 Å². The van der Waals surface area contributed by atoms with Crippen molar-refractivity contribution in [1.29, 1.82) is 0 Å². The van der Waals surface area contributed by atoms with Crippen LogP contribution in [0.3, 0.4) is 0 Å². The standard InChI is InChI=1S/C33H31N5O4S/c1-22-29(21-43-33-35-36-37-38(33)28-10-6-3-7-11-28)41-32(42-30(22)24-14-12-23(20-39)13-15-24)26-16-18-27(19-17-26)34-31(40)25-8-4-2-5-9-25/h2-19,22,29-30,32,39H,20-21H2,1H3,(H,34,40)/t22-,29+,30+,32+/m1/s1. The largest absolute Gasteiger partial charge is 0.392 e. The van der Waals surface area contributed by atoms with E-state index in [0.717, 1.165) is 22.4 Å². The minimum absolute atomic E-state index is 0.00853. The molecule has 0 unspecified atom stereocenters. The first kappa shape index (κ1) is 28.8. The van der Waals surface area contributed by atoms with Gasteiger partial charge >= 0.3 is 0 Å². The Hall–Kier alpha value is -4.35. The molecule has 43 heavy (non-hydrogen) atoms. The Bertz CT molecular complexity index is 1630. The van der Waals surface area contributed by atoms with E-state index < -0.39 is 6.29 Å². The molecular weight excluding hydrogens is 562 g/mol. The van der Waals surface area contributed by atoms with Crippen LogP contribution < -0.4 is 5.32 Å². The van der Waals surface area contributed by atoms with Gasteiger partial charge in [0.05, 0.1) is 24.5 Å². The van der Waals surface area contributed by atoms with Crippen molar-refractivity contribution >= 4 is 23.4 Å². The van der Waals surface area contributed by atoms with Crippen molar-refractivity contribution in [2.24, 2.45) is 5.92 Å². The van der Waals surface area contributed by atoms with Crippen molar-refractivity contribution in [2.45, 2.75) is 37.2 Å². The van der Waals surface area contributed by atoms with Crippen molar-refractivity contribution in [1.82, 2.24) is 20.2 Å². The number of para-hydroxylation sites is 1. The summed E-state index contributed by atoms with van der Waals surface area (Å²) in [6.07, 6.45) is -1.07. The van der Waals surface area contributed by atoms with E-state index in [4.69, 9.17) is 9.47 Å². The lowest BCUT2D eigenvalue weighted by molar-refractivity contribution is -0.268. The molecule has 0 saturated carbocycles. The van der Waals surface area contributed by atoms with E-state index >= 15 is 0 Å². The van der Waals surface area contributed by atoms with Crippen molar-refractivity contribution in [3.8, 4) is 5.69 Å². The van der Waals surface area contributed by atoms with Crippen LogP contribution >= 0.6 is 11.8 Å². The number of nitrogens with one attached hydrogen (secondary N) is 1. The second kappa shape index (κ2) is 13.3. The zero-order chi connectivity index (χ0) is 29.6. The number of thioether (sulfide) groups is 1. The van der Waals surface area contributed by atoms with Gasteiger partial charge in [0, 0.05) is 28.5 Å². The first-order valence-corrected chi connectivity index (χ1v) is 15.0. The third-order valence-electron chi connectivity index (χ3n) is 7.42. The smallest absolute Gasteiger partial charge is 0.255 e. The molecule has 0 radical (unpaired) electrons. The quantitative estimate of drug-likeness (QED) is 0.201. The number of aliphatic hydroxyl groups is 1. The molecule has 1 saturated heterocycles. The number of carbonyl (C=O) groups is 1. The van der Waals surface area contributed by atoms with Crippen molar-refractivity contribution in [3.05, 3.63) is 131 Å². The molecule has 0 aliphatic carbocycles. The van der Waals surface area contributed by atoms with Gasteiger partial charge in [0.25, 0.3) is 5.91 Å². The summed E-state index contributed by atoms with van der Waals surface area (Å²) in [6.45, 7) is 2.10. The average Bonchev–Trinajstić information content (AvgIpc) is 3.54. The molecule has 1 aliphatic rings. The Labute approximate surface area is 253 Å². The number of anilines is 1. The van der Waals surface area contributed by atoms with Crippen LogP contribution in [0.25, 0.3) is 5.69 Å². The van der Waals surface area contributed by atoms with Crippen molar-refractivity contribution in [3.63, 3.8) is 0 Å². The maximum absolute atomic E-state index is 12.6. The van der Waals surface area contributed by atoms with Crippen molar-refractivity contribution in [2.75, 3.05) is 11.1 Å². The maximum Gasteiger partial charge on any atom is 0.255 e. The fourth-order valence-electron chi connectivity index (χ4n) is 4.98. The zero-order valence-electron chi connectivity index (χ0n) is 23.5. The van der Waals surface area contributed by atoms with Gasteiger partial charge in [0.15, 0.2) is 6.29 Å². The Morgan fingerprint density at radius 1 is 0.884 bits per heavy atom. The summed E-state index contributed by atoms with van der Waals surface area (Å²) in [7, 11) is 0. The number of aromatic nitrogens is 4. The van der Waals surface area contributed by atoms with Gasteiger partial charge in [-0.1, -0.05) is 91.5 Å². The van der Waals surface area contributed by atoms with Gasteiger partial charge in [-0.2, -0.15) is 4.68 Å². The molecule has 1 aliphatic heterocycles. The molecule has 4 atom stereocenters. The van der Waals surface area contributed by atoms with Gasteiger partial charge in [0.1, 0.15) is 0 Å². The number of benzene rings is 4. The minimum atomic E-state index is -0.631. The molecule has 5 aromatic rings. The third kappa shape index (κ3) is 6.68. The van der Waals surface area contributed by atoms with Gasteiger partial charge < -0.3 is 19.9 Å². The van der Waals surface area contributed by atoms with Crippen LogP contribution in [0.5, 0.6) is 0 Å². The summed E-state index contributed by atoms with van der Waals surface area (Å²) in [5.74, 6) is 0.438.